The van der Waals surface area contributed by atoms with E-state index in [1.807, 2.05) is 54.6 Å². The third-order valence-corrected chi connectivity index (χ3v) is 4.06. The molecule has 1 aliphatic rings. The standard InChI is InChI=1S/C20H22N2O3/c23-19(13-22-20(24)16-10-11-16)21-12-17-8-4-5-9-18(17)25-14-15-6-2-1-3-7-15/h1-9,16H,10-14H2,(H,21,23)(H,22,24). The second-order valence-electron chi connectivity index (χ2n) is 6.15. The zero-order chi connectivity index (χ0) is 17.5. The smallest absolute Gasteiger partial charge is 0.239 e. The average molecular weight is 338 g/mol. The van der Waals surface area contributed by atoms with Crippen LogP contribution in [0.5, 0.6) is 5.75 Å². The van der Waals surface area contributed by atoms with Gasteiger partial charge in [-0.05, 0) is 24.5 Å². The van der Waals surface area contributed by atoms with Crippen LogP contribution >= 0.6 is 0 Å². The maximum atomic E-state index is 11.9. The summed E-state index contributed by atoms with van der Waals surface area (Å²) < 4.78 is 5.87. The first-order chi connectivity index (χ1) is 12.2. The zero-order valence-corrected chi connectivity index (χ0v) is 14.0. The fourth-order valence-corrected chi connectivity index (χ4v) is 2.44. The number of benzene rings is 2. The minimum Gasteiger partial charge on any atom is -0.489 e. The predicted octanol–water partition coefficient (Wildman–Crippen LogP) is 2.41. The number of carbonyl (C=O) groups excluding carboxylic acids is 2. The first-order valence-electron chi connectivity index (χ1n) is 8.51. The highest BCUT2D eigenvalue weighted by Gasteiger charge is 2.29. The van der Waals surface area contributed by atoms with E-state index in [0.29, 0.717) is 13.2 Å². The molecule has 0 spiro atoms. The molecule has 1 aliphatic carbocycles. The van der Waals surface area contributed by atoms with Gasteiger partial charge in [-0.3, -0.25) is 9.59 Å². The molecule has 1 saturated carbocycles. The van der Waals surface area contributed by atoms with E-state index >= 15 is 0 Å². The van der Waals surface area contributed by atoms with Gasteiger partial charge >= 0.3 is 0 Å². The number of carbonyl (C=O) groups is 2. The Morgan fingerprint density at radius 2 is 1.68 bits per heavy atom. The molecule has 1 fully saturated rings. The van der Waals surface area contributed by atoms with Crippen molar-refractivity contribution < 1.29 is 14.3 Å². The zero-order valence-electron chi connectivity index (χ0n) is 14.0. The van der Waals surface area contributed by atoms with Crippen molar-refractivity contribution in [3.05, 3.63) is 65.7 Å². The molecular weight excluding hydrogens is 316 g/mol. The molecule has 0 bridgehead atoms. The second kappa shape index (κ2) is 8.33. The number of hydrogen-bond acceptors (Lipinski definition) is 3. The Hall–Kier alpha value is -2.82. The lowest BCUT2D eigenvalue weighted by Gasteiger charge is -2.12. The van der Waals surface area contributed by atoms with Crippen LogP contribution in [0.2, 0.25) is 0 Å². The summed E-state index contributed by atoms with van der Waals surface area (Å²) in [6.45, 7) is 0.856. The van der Waals surface area contributed by atoms with Gasteiger partial charge in [0.2, 0.25) is 11.8 Å². The molecule has 0 heterocycles. The van der Waals surface area contributed by atoms with E-state index in [0.717, 1.165) is 29.7 Å². The lowest BCUT2D eigenvalue weighted by Crippen LogP contribution is -2.37. The first kappa shape index (κ1) is 17.0. The summed E-state index contributed by atoms with van der Waals surface area (Å²) >= 11 is 0. The quantitative estimate of drug-likeness (QED) is 0.777. The highest BCUT2D eigenvalue weighted by Crippen LogP contribution is 2.28. The van der Waals surface area contributed by atoms with E-state index in [1.54, 1.807) is 0 Å². The fraction of sp³-hybridized carbons (Fsp3) is 0.300. The molecule has 0 aromatic heterocycles. The maximum absolute atomic E-state index is 11.9. The molecule has 0 unspecified atom stereocenters. The molecule has 2 amide bonds. The van der Waals surface area contributed by atoms with Gasteiger partial charge in [0, 0.05) is 18.0 Å². The predicted molar refractivity (Wildman–Crippen MR) is 94.8 cm³/mol. The highest BCUT2D eigenvalue weighted by atomic mass is 16.5. The van der Waals surface area contributed by atoms with Crippen molar-refractivity contribution in [1.82, 2.24) is 10.6 Å². The van der Waals surface area contributed by atoms with E-state index in [1.165, 1.54) is 0 Å². The summed E-state index contributed by atoms with van der Waals surface area (Å²) in [4.78, 5) is 23.4. The molecule has 2 aromatic carbocycles. The van der Waals surface area contributed by atoms with Gasteiger partial charge in [0.05, 0.1) is 6.54 Å². The summed E-state index contributed by atoms with van der Waals surface area (Å²) in [6, 6.07) is 17.5. The number of rotatable bonds is 8. The second-order valence-corrected chi connectivity index (χ2v) is 6.15. The molecule has 25 heavy (non-hydrogen) atoms. The molecule has 3 rings (SSSR count). The van der Waals surface area contributed by atoms with Gasteiger partial charge in [0.1, 0.15) is 12.4 Å². The van der Waals surface area contributed by atoms with Gasteiger partial charge < -0.3 is 15.4 Å². The topological polar surface area (TPSA) is 67.4 Å². The summed E-state index contributed by atoms with van der Waals surface area (Å²) in [6.07, 6.45) is 1.86. The normalized spacial score (nSPS) is 13.1. The van der Waals surface area contributed by atoms with E-state index < -0.39 is 0 Å². The van der Waals surface area contributed by atoms with Gasteiger partial charge in [0.25, 0.3) is 0 Å². The van der Waals surface area contributed by atoms with Crippen LogP contribution in [0.15, 0.2) is 54.6 Å². The molecule has 2 aromatic rings. The summed E-state index contributed by atoms with van der Waals surface area (Å²) in [5, 5.41) is 5.48. The Bertz CT molecular complexity index is 727. The van der Waals surface area contributed by atoms with Gasteiger partial charge in [-0.25, -0.2) is 0 Å². The molecule has 130 valence electrons. The number of nitrogens with one attached hydrogen (secondary N) is 2. The molecule has 5 nitrogen and oxygen atoms in total. The number of para-hydroxylation sites is 1. The third-order valence-electron chi connectivity index (χ3n) is 4.06. The van der Waals surface area contributed by atoms with Crippen molar-refractivity contribution in [1.29, 1.82) is 0 Å². The van der Waals surface area contributed by atoms with Gasteiger partial charge in [-0.1, -0.05) is 48.5 Å². The van der Waals surface area contributed by atoms with Crippen LogP contribution in [0.25, 0.3) is 0 Å². The number of hydrogen-bond donors (Lipinski definition) is 2. The summed E-state index contributed by atoms with van der Waals surface area (Å²) in [5.74, 6) is 0.627. The minimum atomic E-state index is -0.202. The Labute approximate surface area is 147 Å². The fourth-order valence-electron chi connectivity index (χ4n) is 2.44. The molecule has 0 atom stereocenters. The number of amides is 2. The van der Waals surface area contributed by atoms with Crippen molar-refractivity contribution in [2.75, 3.05) is 6.54 Å². The number of ether oxygens (including phenoxy) is 1. The van der Waals surface area contributed by atoms with Gasteiger partial charge in [0.15, 0.2) is 0 Å². The average Bonchev–Trinajstić information content (AvgIpc) is 3.49. The molecule has 2 N–H and O–H groups in total. The molecule has 0 radical (unpaired) electrons. The monoisotopic (exact) mass is 338 g/mol. The highest BCUT2D eigenvalue weighted by molar-refractivity contribution is 5.86. The Kier molecular flexibility index (Phi) is 5.67. The van der Waals surface area contributed by atoms with E-state index in [2.05, 4.69) is 10.6 Å². The largest absolute Gasteiger partial charge is 0.489 e. The van der Waals surface area contributed by atoms with Crippen LogP contribution in [0.4, 0.5) is 0 Å². The van der Waals surface area contributed by atoms with Crippen molar-refractivity contribution >= 4 is 11.8 Å². The van der Waals surface area contributed by atoms with E-state index in [-0.39, 0.29) is 24.3 Å². The van der Waals surface area contributed by atoms with E-state index in [9.17, 15) is 9.59 Å². The SMILES string of the molecule is O=C(CNC(=O)C1CC1)NCc1ccccc1OCc1ccccc1. The molecule has 5 heteroatoms. The van der Waals surface area contributed by atoms with Gasteiger partial charge in [-0.2, -0.15) is 0 Å². The Morgan fingerprint density at radius 3 is 2.44 bits per heavy atom. The van der Waals surface area contributed by atoms with Crippen molar-refractivity contribution in [3.63, 3.8) is 0 Å². The van der Waals surface area contributed by atoms with Crippen LogP contribution in [0.3, 0.4) is 0 Å². The minimum absolute atomic E-state index is 0.0162. The van der Waals surface area contributed by atoms with Crippen LogP contribution in [0, 0.1) is 5.92 Å². The Balaban J connectivity index is 1.48. The van der Waals surface area contributed by atoms with Crippen LogP contribution in [-0.4, -0.2) is 18.4 Å². The summed E-state index contributed by atoms with van der Waals surface area (Å²) in [5.41, 5.74) is 1.99. The Morgan fingerprint density at radius 1 is 0.960 bits per heavy atom. The van der Waals surface area contributed by atoms with Gasteiger partial charge in [-0.15, -0.1) is 0 Å². The third kappa shape index (κ3) is 5.35. The van der Waals surface area contributed by atoms with Crippen molar-refractivity contribution in [2.45, 2.75) is 26.0 Å². The van der Waals surface area contributed by atoms with Crippen molar-refractivity contribution in [2.24, 2.45) is 5.92 Å². The van der Waals surface area contributed by atoms with Crippen LogP contribution < -0.4 is 15.4 Å². The summed E-state index contributed by atoms with van der Waals surface area (Å²) in [7, 11) is 0. The first-order valence-corrected chi connectivity index (χ1v) is 8.51. The lowest BCUT2D eigenvalue weighted by atomic mass is 10.2. The molecule has 0 aliphatic heterocycles. The van der Waals surface area contributed by atoms with E-state index in [4.69, 9.17) is 4.74 Å². The molecule has 0 saturated heterocycles. The molecular formula is C20H22N2O3. The van der Waals surface area contributed by atoms with Crippen LogP contribution in [-0.2, 0) is 22.7 Å². The van der Waals surface area contributed by atoms with Crippen molar-refractivity contribution in [3.8, 4) is 5.75 Å². The maximum Gasteiger partial charge on any atom is 0.239 e. The van der Waals surface area contributed by atoms with Crippen LogP contribution in [0.1, 0.15) is 24.0 Å². The lowest BCUT2D eigenvalue weighted by molar-refractivity contribution is -0.126.